The predicted molar refractivity (Wildman–Crippen MR) is 80.2 cm³/mol. The molecule has 1 heterocycles. The van der Waals surface area contributed by atoms with Crippen LogP contribution in [0.2, 0.25) is 0 Å². The van der Waals surface area contributed by atoms with Gasteiger partial charge in [-0.05, 0) is 39.5 Å². The third-order valence-corrected chi connectivity index (χ3v) is 3.51. The number of benzene rings is 1. The summed E-state index contributed by atoms with van der Waals surface area (Å²) < 4.78 is 5.93. The Morgan fingerprint density at radius 1 is 1.32 bits per heavy atom. The molecule has 2 N–H and O–H groups in total. The highest BCUT2D eigenvalue weighted by Gasteiger charge is 2.12. The molecule has 0 aliphatic rings. The lowest BCUT2D eigenvalue weighted by molar-refractivity contribution is 0.416. The van der Waals surface area contributed by atoms with E-state index in [2.05, 4.69) is 51.9 Å². The lowest BCUT2D eigenvalue weighted by Gasteiger charge is -2.12. The van der Waals surface area contributed by atoms with Crippen molar-refractivity contribution in [2.75, 3.05) is 12.8 Å². The van der Waals surface area contributed by atoms with Crippen LogP contribution in [0.3, 0.4) is 0 Å². The molecule has 0 atom stereocenters. The van der Waals surface area contributed by atoms with Gasteiger partial charge in [0.05, 0.1) is 19.0 Å². The minimum absolute atomic E-state index is 0.378. The van der Waals surface area contributed by atoms with Crippen LogP contribution in [0.1, 0.15) is 25.3 Å². The lowest BCUT2D eigenvalue weighted by atomic mass is 9.99. The number of hydrogen-bond acceptors (Lipinski definition) is 4. The van der Waals surface area contributed by atoms with Crippen molar-refractivity contribution >= 4 is 21.7 Å². The van der Waals surface area contributed by atoms with E-state index in [1.54, 1.807) is 13.3 Å². The molecule has 0 aliphatic carbocycles. The fourth-order valence-corrected chi connectivity index (χ4v) is 2.08. The van der Waals surface area contributed by atoms with Crippen molar-refractivity contribution in [1.29, 1.82) is 0 Å². The highest BCUT2D eigenvalue weighted by molar-refractivity contribution is 9.10. The molecule has 19 heavy (non-hydrogen) atoms. The molecule has 2 rings (SSSR count). The molecule has 0 saturated carbocycles. The lowest BCUT2D eigenvalue weighted by Crippen LogP contribution is -1.98. The maximum absolute atomic E-state index is 5.66. The van der Waals surface area contributed by atoms with E-state index >= 15 is 0 Å². The number of aromatic nitrogens is 2. The van der Waals surface area contributed by atoms with Gasteiger partial charge in [-0.2, -0.15) is 0 Å². The maximum Gasteiger partial charge on any atom is 0.156 e. The van der Waals surface area contributed by atoms with E-state index in [0.717, 1.165) is 17.0 Å². The Morgan fingerprint density at radius 2 is 2.05 bits per heavy atom. The molecular weight excluding hydrogens is 306 g/mol. The van der Waals surface area contributed by atoms with Crippen LogP contribution in [-0.2, 0) is 0 Å². The summed E-state index contributed by atoms with van der Waals surface area (Å²) in [5.41, 5.74) is 8.55. The summed E-state index contributed by atoms with van der Waals surface area (Å²) in [6, 6.07) is 6.10. The molecule has 0 amide bonds. The van der Waals surface area contributed by atoms with Crippen LogP contribution < -0.4 is 10.5 Å². The van der Waals surface area contributed by atoms with Crippen molar-refractivity contribution in [3.05, 3.63) is 34.6 Å². The molecule has 100 valence electrons. The molecule has 1 aromatic carbocycles. The number of nitrogens with two attached hydrogens (primary N) is 1. The van der Waals surface area contributed by atoms with E-state index in [-0.39, 0.29) is 0 Å². The van der Waals surface area contributed by atoms with Crippen molar-refractivity contribution in [1.82, 2.24) is 9.97 Å². The van der Waals surface area contributed by atoms with Crippen LogP contribution >= 0.6 is 15.9 Å². The van der Waals surface area contributed by atoms with Gasteiger partial charge in [-0.25, -0.2) is 9.97 Å². The Bertz CT molecular complexity index is 599. The Hall–Kier alpha value is -1.62. The second-order valence-corrected chi connectivity index (χ2v) is 5.30. The fraction of sp³-hybridized carbons (Fsp3) is 0.286. The smallest absolute Gasteiger partial charge is 0.156 e. The highest BCUT2D eigenvalue weighted by Crippen LogP contribution is 2.32. The first-order chi connectivity index (χ1) is 9.02. The van der Waals surface area contributed by atoms with Gasteiger partial charge in [0.25, 0.3) is 0 Å². The van der Waals surface area contributed by atoms with E-state index in [0.29, 0.717) is 16.3 Å². The van der Waals surface area contributed by atoms with Crippen LogP contribution in [0.5, 0.6) is 5.75 Å². The van der Waals surface area contributed by atoms with Gasteiger partial charge in [-0.1, -0.05) is 19.9 Å². The zero-order chi connectivity index (χ0) is 14.0. The van der Waals surface area contributed by atoms with Gasteiger partial charge in [0, 0.05) is 5.56 Å². The number of halogens is 1. The number of hydrogen-bond donors (Lipinski definition) is 1. The van der Waals surface area contributed by atoms with Crippen molar-refractivity contribution in [2.24, 2.45) is 0 Å². The summed E-state index contributed by atoms with van der Waals surface area (Å²) >= 11 is 3.30. The number of methoxy groups -OCH3 is 1. The molecule has 5 heteroatoms. The Labute approximate surface area is 121 Å². The topological polar surface area (TPSA) is 61.0 Å². The molecule has 0 spiro atoms. The van der Waals surface area contributed by atoms with Gasteiger partial charge in [-0.3, -0.25) is 0 Å². The molecule has 4 nitrogen and oxygen atoms in total. The van der Waals surface area contributed by atoms with Gasteiger partial charge in [0.1, 0.15) is 10.4 Å². The first-order valence-corrected chi connectivity index (χ1v) is 6.78. The summed E-state index contributed by atoms with van der Waals surface area (Å²) in [7, 11) is 1.65. The maximum atomic E-state index is 5.66. The van der Waals surface area contributed by atoms with Crippen molar-refractivity contribution in [3.8, 4) is 17.0 Å². The zero-order valence-electron chi connectivity index (χ0n) is 11.1. The van der Waals surface area contributed by atoms with Crippen molar-refractivity contribution < 1.29 is 4.74 Å². The summed E-state index contributed by atoms with van der Waals surface area (Å²) in [4.78, 5) is 8.52. The van der Waals surface area contributed by atoms with E-state index in [1.807, 2.05) is 6.07 Å². The molecule has 0 radical (unpaired) electrons. The van der Waals surface area contributed by atoms with Gasteiger partial charge in [0.2, 0.25) is 0 Å². The third-order valence-electron chi connectivity index (χ3n) is 2.92. The second kappa shape index (κ2) is 5.57. The number of nitrogens with zero attached hydrogens (tertiary/aromatic N) is 2. The van der Waals surface area contributed by atoms with Gasteiger partial charge >= 0.3 is 0 Å². The third kappa shape index (κ3) is 2.87. The predicted octanol–water partition coefficient (Wildman–Crippen LogP) is 3.62. The minimum atomic E-state index is 0.378. The number of rotatable bonds is 3. The van der Waals surface area contributed by atoms with E-state index < -0.39 is 0 Å². The average Bonchev–Trinajstić information content (AvgIpc) is 2.41. The van der Waals surface area contributed by atoms with Crippen LogP contribution in [-0.4, -0.2) is 17.1 Å². The van der Waals surface area contributed by atoms with E-state index in [9.17, 15) is 0 Å². The van der Waals surface area contributed by atoms with E-state index in [1.165, 1.54) is 5.56 Å². The number of nitrogen functional groups attached to an aromatic ring is 1. The zero-order valence-corrected chi connectivity index (χ0v) is 12.7. The van der Waals surface area contributed by atoms with Gasteiger partial charge in [-0.15, -0.1) is 0 Å². The highest BCUT2D eigenvalue weighted by atomic mass is 79.9. The van der Waals surface area contributed by atoms with Gasteiger partial charge < -0.3 is 10.5 Å². The van der Waals surface area contributed by atoms with E-state index in [4.69, 9.17) is 10.5 Å². The first kappa shape index (κ1) is 13.8. The Balaban J connectivity index is 2.58. The summed E-state index contributed by atoms with van der Waals surface area (Å²) in [5.74, 6) is 1.59. The van der Waals surface area contributed by atoms with Gasteiger partial charge in [0.15, 0.2) is 5.82 Å². The normalized spacial score (nSPS) is 10.8. The summed E-state index contributed by atoms with van der Waals surface area (Å²) in [6.45, 7) is 4.30. The Morgan fingerprint density at radius 3 is 2.63 bits per heavy atom. The SMILES string of the molecule is COc1ccc(C(C)C)cc1-c1cnc(N)c(Br)n1. The summed E-state index contributed by atoms with van der Waals surface area (Å²) in [5, 5.41) is 0. The molecule has 0 saturated heterocycles. The first-order valence-electron chi connectivity index (χ1n) is 5.99. The summed E-state index contributed by atoms with van der Waals surface area (Å²) in [6.07, 6.45) is 1.65. The van der Waals surface area contributed by atoms with Crippen LogP contribution in [0, 0.1) is 0 Å². The minimum Gasteiger partial charge on any atom is -0.496 e. The molecule has 0 fully saturated rings. The Kier molecular flexibility index (Phi) is 4.04. The van der Waals surface area contributed by atoms with Crippen LogP contribution in [0.25, 0.3) is 11.3 Å². The monoisotopic (exact) mass is 321 g/mol. The average molecular weight is 322 g/mol. The largest absolute Gasteiger partial charge is 0.496 e. The number of anilines is 1. The molecular formula is C14H16BrN3O. The standard InChI is InChI=1S/C14H16BrN3O/c1-8(2)9-4-5-12(19-3)10(6-9)11-7-17-14(16)13(15)18-11/h4-8H,1-3H3,(H2,16,17). The van der Waals surface area contributed by atoms with Crippen LogP contribution in [0.4, 0.5) is 5.82 Å². The van der Waals surface area contributed by atoms with Crippen molar-refractivity contribution in [3.63, 3.8) is 0 Å². The molecule has 0 bridgehead atoms. The molecule has 2 aromatic rings. The van der Waals surface area contributed by atoms with Crippen molar-refractivity contribution in [2.45, 2.75) is 19.8 Å². The molecule has 0 unspecified atom stereocenters. The molecule has 0 aliphatic heterocycles. The second-order valence-electron chi connectivity index (χ2n) is 4.55. The van der Waals surface area contributed by atoms with Crippen LogP contribution in [0.15, 0.2) is 29.0 Å². The quantitative estimate of drug-likeness (QED) is 0.937. The molecule has 1 aromatic heterocycles. The fourth-order valence-electron chi connectivity index (χ4n) is 1.79. The number of ether oxygens (including phenoxy) is 1.